The molecule has 0 rings (SSSR count). The van der Waals surface area contributed by atoms with Crippen LogP contribution in [0.4, 0.5) is 0 Å². The van der Waals surface area contributed by atoms with E-state index < -0.39 is 6.10 Å². The topological polar surface area (TPSA) is 72.8 Å². The smallest absolute Gasteiger partial charge is 0.306 e. The number of esters is 2. The minimum atomic E-state index is -0.766. The van der Waals surface area contributed by atoms with Crippen LogP contribution in [-0.2, 0) is 19.1 Å². The van der Waals surface area contributed by atoms with Crippen molar-refractivity contribution in [1.29, 1.82) is 0 Å². The molecule has 5 nitrogen and oxygen atoms in total. The standard InChI is InChI=1S/C38H70O5/c1-3-5-7-9-11-13-15-16-17-18-19-20-21-22-23-25-26-28-30-32-37(40)42-35-36(34-39)43-38(41)33-31-29-27-24-14-12-10-8-6-4-2/h11,13,16-17,36,39H,3-10,12,14-15,18-35H2,1-2H3/b13-11+,17-16+/t36-/m0/s1. The van der Waals surface area contributed by atoms with E-state index in [-0.39, 0.29) is 25.2 Å². The van der Waals surface area contributed by atoms with Crippen LogP contribution in [0.1, 0.15) is 187 Å². The number of carbonyl (C=O) groups excluding carboxylic acids is 2. The lowest BCUT2D eigenvalue weighted by Crippen LogP contribution is -2.28. The molecule has 1 atom stereocenters. The number of aliphatic hydroxyl groups excluding tert-OH is 1. The number of rotatable bonds is 33. The molecule has 0 unspecified atom stereocenters. The lowest BCUT2D eigenvalue weighted by atomic mass is 10.1. The summed E-state index contributed by atoms with van der Waals surface area (Å²) in [5, 5.41) is 9.51. The highest BCUT2D eigenvalue weighted by Gasteiger charge is 2.16. The third-order valence-corrected chi connectivity index (χ3v) is 8.00. The summed E-state index contributed by atoms with van der Waals surface area (Å²) in [5.41, 5.74) is 0. The average molecular weight is 607 g/mol. The monoisotopic (exact) mass is 607 g/mol. The summed E-state index contributed by atoms with van der Waals surface area (Å²) < 4.78 is 10.6. The van der Waals surface area contributed by atoms with Gasteiger partial charge in [0.15, 0.2) is 6.10 Å². The molecule has 0 aliphatic carbocycles. The van der Waals surface area contributed by atoms with Crippen molar-refractivity contribution < 1.29 is 24.2 Å². The molecular weight excluding hydrogens is 536 g/mol. The van der Waals surface area contributed by atoms with E-state index in [9.17, 15) is 14.7 Å². The number of allylic oxidation sites excluding steroid dienone is 4. The fourth-order valence-electron chi connectivity index (χ4n) is 5.17. The van der Waals surface area contributed by atoms with E-state index in [2.05, 4.69) is 38.2 Å². The van der Waals surface area contributed by atoms with Gasteiger partial charge in [-0.1, -0.05) is 154 Å². The quantitative estimate of drug-likeness (QED) is 0.0457. The van der Waals surface area contributed by atoms with Crippen LogP contribution < -0.4 is 0 Å². The summed E-state index contributed by atoms with van der Waals surface area (Å²) in [5.74, 6) is -0.593. The van der Waals surface area contributed by atoms with Gasteiger partial charge in [-0.2, -0.15) is 0 Å². The van der Waals surface area contributed by atoms with Crippen molar-refractivity contribution in [2.75, 3.05) is 13.2 Å². The summed E-state index contributed by atoms with van der Waals surface area (Å²) in [7, 11) is 0. The van der Waals surface area contributed by atoms with Crippen LogP contribution in [0.2, 0.25) is 0 Å². The van der Waals surface area contributed by atoms with Crippen LogP contribution in [-0.4, -0.2) is 36.4 Å². The first-order valence-electron chi connectivity index (χ1n) is 18.4. The van der Waals surface area contributed by atoms with Gasteiger partial charge in [-0.25, -0.2) is 0 Å². The first-order valence-corrected chi connectivity index (χ1v) is 18.4. The summed E-state index contributed by atoms with van der Waals surface area (Å²) in [6.45, 7) is 4.09. The van der Waals surface area contributed by atoms with Crippen LogP contribution in [0, 0.1) is 0 Å². The Bertz CT molecular complexity index is 657. The fraction of sp³-hybridized carbons (Fsp3) is 0.842. The van der Waals surface area contributed by atoms with Gasteiger partial charge in [0.25, 0.3) is 0 Å². The lowest BCUT2D eigenvalue weighted by Gasteiger charge is -2.15. The van der Waals surface area contributed by atoms with E-state index in [1.54, 1.807) is 0 Å². The number of hydrogen-bond donors (Lipinski definition) is 1. The van der Waals surface area contributed by atoms with Gasteiger partial charge in [0.1, 0.15) is 6.61 Å². The van der Waals surface area contributed by atoms with Crippen molar-refractivity contribution in [3.63, 3.8) is 0 Å². The fourth-order valence-corrected chi connectivity index (χ4v) is 5.17. The van der Waals surface area contributed by atoms with Gasteiger partial charge in [0, 0.05) is 12.8 Å². The molecule has 0 saturated heterocycles. The largest absolute Gasteiger partial charge is 0.462 e. The van der Waals surface area contributed by atoms with Crippen molar-refractivity contribution in [3.05, 3.63) is 24.3 Å². The predicted octanol–water partition coefficient (Wildman–Crippen LogP) is 11.1. The molecular formula is C38H70O5. The van der Waals surface area contributed by atoms with E-state index in [1.165, 1.54) is 116 Å². The van der Waals surface area contributed by atoms with Crippen molar-refractivity contribution >= 4 is 11.9 Å². The molecule has 0 aliphatic rings. The van der Waals surface area contributed by atoms with Gasteiger partial charge >= 0.3 is 11.9 Å². The predicted molar refractivity (Wildman–Crippen MR) is 182 cm³/mol. The van der Waals surface area contributed by atoms with Crippen molar-refractivity contribution in [2.24, 2.45) is 0 Å². The molecule has 0 heterocycles. The molecule has 252 valence electrons. The summed E-state index contributed by atoms with van der Waals surface area (Å²) in [4.78, 5) is 24.1. The Morgan fingerprint density at radius 1 is 0.535 bits per heavy atom. The minimum absolute atomic E-state index is 0.0644. The second-order valence-electron chi connectivity index (χ2n) is 12.3. The molecule has 0 spiro atoms. The van der Waals surface area contributed by atoms with Gasteiger partial charge < -0.3 is 14.6 Å². The third-order valence-electron chi connectivity index (χ3n) is 8.00. The average Bonchev–Trinajstić information content (AvgIpc) is 3.01. The zero-order chi connectivity index (χ0) is 31.5. The molecule has 0 amide bonds. The summed E-state index contributed by atoms with van der Waals surface area (Å²) in [6, 6.07) is 0. The molecule has 5 heteroatoms. The van der Waals surface area contributed by atoms with Crippen LogP contribution in [0.5, 0.6) is 0 Å². The van der Waals surface area contributed by atoms with E-state index in [4.69, 9.17) is 9.47 Å². The number of carbonyl (C=O) groups is 2. The van der Waals surface area contributed by atoms with Gasteiger partial charge in [-0.05, 0) is 44.9 Å². The van der Waals surface area contributed by atoms with E-state index in [0.29, 0.717) is 12.8 Å². The molecule has 0 radical (unpaired) electrons. The molecule has 0 saturated carbocycles. The molecule has 0 aliphatic heterocycles. The molecule has 1 N–H and O–H groups in total. The first kappa shape index (κ1) is 41.4. The number of unbranched alkanes of at least 4 members (excludes halogenated alkanes) is 21. The Morgan fingerprint density at radius 2 is 0.930 bits per heavy atom. The number of ether oxygens (including phenoxy) is 2. The minimum Gasteiger partial charge on any atom is -0.462 e. The van der Waals surface area contributed by atoms with Crippen LogP contribution in [0.3, 0.4) is 0 Å². The molecule has 0 aromatic carbocycles. The highest BCUT2D eigenvalue weighted by Crippen LogP contribution is 2.14. The Labute approximate surface area is 266 Å². The Kier molecular flexibility index (Phi) is 33.6. The molecule has 0 bridgehead atoms. The SMILES string of the molecule is CCCCC/C=C/C/C=C/CCCCCCCCCCCC(=O)OC[C@H](CO)OC(=O)CCCCCCCCCCCC. The van der Waals surface area contributed by atoms with E-state index in [0.717, 1.165) is 44.9 Å². The Morgan fingerprint density at radius 3 is 1.42 bits per heavy atom. The molecule has 0 aromatic rings. The highest BCUT2D eigenvalue weighted by atomic mass is 16.6. The van der Waals surface area contributed by atoms with Crippen molar-refractivity contribution in [3.8, 4) is 0 Å². The summed E-state index contributed by atoms with van der Waals surface area (Å²) in [6.07, 6.45) is 39.5. The third kappa shape index (κ3) is 33.1. The Hall–Kier alpha value is -1.62. The number of hydrogen-bond acceptors (Lipinski definition) is 5. The van der Waals surface area contributed by atoms with Crippen LogP contribution in [0.15, 0.2) is 24.3 Å². The normalized spacial score (nSPS) is 12.3. The van der Waals surface area contributed by atoms with Gasteiger partial charge in [0.2, 0.25) is 0 Å². The zero-order valence-electron chi connectivity index (χ0n) is 28.5. The van der Waals surface area contributed by atoms with Crippen LogP contribution >= 0.6 is 0 Å². The first-order chi connectivity index (χ1) is 21.1. The lowest BCUT2D eigenvalue weighted by molar-refractivity contribution is -0.161. The summed E-state index contributed by atoms with van der Waals surface area (Å²) >= 11 is 0. The number of aliphatic hydroxyl groups is 1. The Balaban J connectivity index is 3.53. The van der Waals surface area contributed by atoms with Gasteiger partial charge in [0.05, 0.1) is 6.61 Å². The van der Waals surface area contributed by atoms with Crippen molar-refractivity contribution in [2.45, 2.75) is 193 Å². The maximum atomic E-state index is 12.1. The maximum Gasteiger partial charge on any atom is 0.306 e. The van der Waals surface area contributed by atoms with Gasteiger partial charge in [-0.3, -0.25) is 9.59 Å². The second-order valence-corrected chi connectivity index (χ2v) is 12.3. The maximum absolute atomic E-state index is 12.1. The van der Waals surface area contributed by atoms with Crippen LogP contribution in [0.25, 0.3) is 0 Å². The van der Waals surface area contributed by atoms with E-state index >= 15 is 0 Å². The van der Waals surface area contributed by atoms with Crippen molar-refractivity contribution in [1.82, 2.24) is 0 Å². The zero-order valence-corrected chi connectivity index (χ0v) is 28.5. The van der Waals surface area contributed by atoms with Gasteiger partial charge in [-0.15, -0.1) is 0 Å². The molecule has 0 fully saturated rings. The second kappa shape index (κ2) is 34.9. The molecule has 43 heavy (non-hydrogen) atoms. The molecule has 0 aromatic heterocycles. The highest BCUT2D eigenvalue weighted by molar-refractivity contribution is 5.70. The van der Waals surface area contributed by atoms with E-state index in [1.807, 2.05) is 0 Å².